The quantitative estimate of drug-likeness (QED) is 0.349. The molecule has 3 amide bonds. The maximum atomic E-state index is 12.9. The number of amides is 3. The number of nitrogens with one attached hydrogen (secondary N) is 3. The van der Waals surface area contributed by atoms with Gasteiger partial charge in [0.15, 0.2) is 0 Å². The van der Waals surface area contributed by atoms with Crippen molar-refractivity contribution in [2.75, 3.05) is 6.54 Å². The minimum Gasteiger partial charge on any atom is -0.480 e. The third-order valence-corrected chi connectivity index (χ3v) is 6.65. The van der Waals surface area contributed by atoms with Gasteiger partial charge in [-0.2, -0.15) is 0 Å². The molecule has 0 bridgehead atoms. The zero-order chi connectivity index (χ0) is 24.4. The highest BCUT2D eigenvalue weighted by atomic mass is 16.6. The second-order valence-corrected chi connectivity index (χ2v) is 9.93. The number of aliphatic carboxylic acids is 1. The Morgan fingerprint density at radius 1 is 1.09 bits per heavy atom. The average molecular weight is 468 g/mol. The summed E-state index contributed by atoms with van der Waals surface area (Å²) in [5.74, 6) is -1.62. The number of carboxylic acid groups (broad SMARTS) is 1. The molecule has 3 atom stereocenters. The normalized spacial score (nSPS) is 24.6. The molecule has 1 heterocycles. The molecular weight excluding hydrogens is 426 g/mol. The summed E-state index contributed by atoms with van der Waals surface area (Å²) in [6.45, 7) is 6.53. The fourth-order valence-electron chi connectivity index (χ4n) is 4.71. The summed E-state index contributed by atoms with van der Waals surface area (Å²) in [5, 5.41) is 17.4. The summed E-state index contributed by atoms with van der Waals surface area (Å²) in [7, 11) is 0. The molecule has 0 aromatic rings. The number of alkyl carbamates (subject to hydrolysis) is 1. The van der Waals surface area contributed by atoms with Crippen LogP contribution in [0.2, 0.25) is 0 Å². The fraction of sp³-hybridized carbons (Fsp3) is 0.833. The molecule has 1 saturated carbocycles. The molecule has 1 saturated heterocycles. The summed E-state index contributed by atoms with van der Waals surface area (Å²) in [6, 6.07) is -2.10. The van der Waals surface area contributed by atoms with Gasteiger partial charge in [-0.3, -0.25) is 9.59 Å². The molecule has 188 valence electrons. The van der Waals surface area contributed by atoms with Gasteiger partial charge in [0.1, 0.15) is 18.2 Å². The molecule has 2 rings (SSSR count). The smallest absolute Gasteiger partial charge is 0.408 e. The molecule has 2 unspecified atom stereocenters. The van der Waals surface area contributed by atoms with Gasteiger partial charge >= 0.3 is 12.1 Å². The third-order valence-electron chi connectivity index (χ3n) is 6.65. The number of carbonyl (C=O) groups is 4. The predicted octanol–water partition coefficient (Wildman–Crippen LogP) is 2.97. The van der Waals surface area contributed by atoms with Crippen LogP contribution in [0.25, 0.3) is 0 Å². The lowest BCUT2D eigenvalue weighted by atomic mass is 9.84. The Bertz CT molecular complexity index is 675. The Morgan fingerprint density at radius 3 is 2.33 bits per heavy atom. The van der Waals surface area contributed by atoms with Crippen molar-refractivity contribution in [3.05, 3.63) is 0 Å². The zero-order valence-corrected chi connectivity index (χ0v) is 20.2. The van der Waals surface area contributed by atoms with E-state index in [1.54, 1.807) is 0 Å². The molecule has 9 nitrogen and oxygen atoms in total. The van der Waals surface area contributed by atoms with Crippen LogP contribution >= 0.6 is 0 Å². The molecule has 1 aliphatic heterocycles. The van der Waals surface area contributed by atoms with Crippen molar-refractivity contribution >= 4 is 23.9 Å². The van der Waals surface area contributed by atoms with E-state index in [1.165, 1.54) is 19.3 Å². The Kier molecular flexibility index (Phi) is 10.9. The minimum atomic E-state index is -1.20. The first-order valence-corrected chi connectivity index (χ1v) is 12.5. The molecule has 33 heavy (non-hydrogen) atoms. The second kappa shape index (κ2) is 13.4. The molecule has 4 N–H and O–H groups in total. The Balaban J connectivity index is 1.88. The number of ether oxygens (including phenoxy) is 1. The number of rotatable bonds is 12. The maximum absolute atomic E-state index is 12.9. The lowest BCUT2D eigenvalue weighted by Crippen LogP contribution is -2.53. The van der Waals surface area contributed by atoms with E-state index in [2.05, 4.69) is 22.9 Å². The van der Waals surface area contributed by atoms with Gasteiger partial charge in [0.25, 0.3) is 0 Å². The summed E-state index contributed by atoms with van der Waals surface area (Å²) >= 11 is 0. The van der Waals surface area contributed by atoms with E-state index < -0.39 is 36.0 Å². The van der Waals surface area contributed by atoms with Gasteiger partial charge in [-0.15, -0.1) is 0 Å². The van der Waals surface area contributed by atoms with Gasteiger partial charge in [0.05, 0.1) is 0 Å². The van der Waals surface area contributed by atoms with Crippen molar-refractivity contribution < 1.29 is 29.0 Å². The van der Waals surface area contributed by atoms with Crippen LogP contribution in [0, 0.1) is 17.8 Å². The van der Waals surface area contributed by atoms with Crippen molar-refractivity contribution in [3.63, 3.8) is 0 Å². The van der Waals surface area contributed by atoms with Crippen LogP contribution in [0.1, 0.15) is 85.0 Å². The van der Waals surface area contributed by atoms with Crippen molar-refractivity contribution in [1.82, 2.24) is 16.0 Å². The topological polar surface area (TPSA) is 134 Å². The van der Waals surface area contributed by atoms with E-state index in [0.29, 0.717) is 25.3 Å². The van der Waals surface area contributed by atoms with Crippen molar-refractivity contribution in [2.45, 2.75) is 103 Å². The number of hydrogen-bond acceptors (Lipinski definition) is 5. The Morgan fingerprint density at radius 2 is 1.79 bits per heavy atom. The standard InChI is InChI=1S/C24H41N3O6/c1-4-5-6-16-7-9-18(10-8-16)33-24(32)27-19(13-15(2)3)22(29)26-20(23(30)31)14-17-11-12-25-21(17)28/h15-20H,4-14H2,1-3H3,(H,25,28)(H,26,29)(H,27,32)(H,30,31)/t16?,17-,18?,19?,20?/m0/s1. The summed E-state index contributed by atoms with van der Waals surface area (Å²) < 4.78 is 5.58. The van der Waals surface area contributed by atoms with Crippen LogP contribution in [0.3, 0.4) is 0 Å². The van der Waals surface area contributed by atoms with Gasteiger partial charge < -0.3 is 25.8 Å². The molecule has 0 aromatic carbocycles. The van der Waals surface area contributed by atoms with E-state index in [9.17, 15) is 24.3 Å². The van der Waals surface area contributed by atoms with E-state index in [4.69, 9.17) is 4.74 Å². The lowest BCUT2D eigenvalue weighted by Gasteiger charge is -2.29. The zero-order valence-electron chi connectivity index (χ0n) is 20.2. The first-order valence-electron chi connectivity index (χ1n) is 12.5. The molecule has 0 aromatic heterocycles. The number of carboxylic acids is 1. The van der Waals surface area contributed by atoms with Crippen LogP contribution in [-0.2, 0) is 19.1 Å². The number of hydrogen-bond donors (Lipinski definition) is 4. The predicted molar refractivity (Wildman–Crippen MR) is 123 cm³/mol. The van der Waals surface area contributed by atoms with Gasteiger partial charge in [-0.25, -0.2) is 9.59 Å². The van der Waals surface area contributed by atoms with Crippen LogP contribution in [0.4, 0.5) is 4.79 Å². The van der Waals surface area contributed by atoms with Gasteiger partial charge in [-0.05, 0) is 56.8 Å². The molecule has 2 fully saturated rings. The van der Waals surface area contributed by atoms with Crippen molar-refractivity contribution in [2.24, 2.45) is 17.8 Å². The first kappa shape index (κ1) is 26.9. The number of unbranched alkanes of at least 4 members (excludes halogenated alkanes) is 1. The second-order valence-electron chi connectivity index (χ2n) is 9.93. The average Bonchev–Trinajstić information content (AvgIpc) is 3.16. The minimum absolute atomic E-state index is 0.0209. The van der Waals surface area contributed by atoms with Gasteiger partial charge in [-0.1, -0.05) is 40.0 Å². The lowest BCUT2D eigenvalue weighted by molar-refractivity contribution is -0.143. The van der Waals surface area contributed by atoms with E-state index in [1.807, 2.05) is 13.8 Å². The van der Waals surface area contributed by atoms with Gasteiger partial charge in [0.2, 0.25) is 11.8 Å². The Hall–Kier alpha value is -2.32. The summed E-state index contributed by atoms with van der Waals surface area (Å²) in [4.78, 5) is 48.9. The molecule has 0 radical (unpaired) electrons. The van der Waals surface area contributed by atoms with E-state index in [0.717, 1.165) is 25.7 Å². The highest BCUT2D eigenvalue weighted by Gasteiger charge is 2.33. The summed E-state index contributed by atoms with van der Waals surface area (Å²) in [5.41, 5.74) is 0. The maximum Gasteiger partial charge on any atom is 0.408 e. The van der Waals surface area contributed by atoms with E-state index >= 15 is 0 Å². The summed E-state index contributed by atoms with van der Waals surface area (Å²) in [6.07, 6.45) is 7.49. The third kappa shape index (κ3) is 9.21. The molecule has 1 aliphatic carbocycles. The van der Waals surface area contributed by atoms with Gasteiger partial charge in [0, 0.05) is 12.5 Å². The molecule has 2 aliphatic rings. The van der Waals surface area contributed by atoms with Crippen molar-refractivity contribution in [3.8, 4) is 0 Å². The fourth-order valence-corrected chi connectivity index (χ4v) is 4.71. The number of carbonyl (C=O) groups excluding carboxylic acids is 3. The van der Waals surface area contributed by atoms with Crippen LogP contribution < -0.4 is 16.0 Å². The van der Waals surface area contributed by atoms with E-state index in [-0.39, 0.29) is 24.3 Å². The largest absolute Gasteiger partial charge is 0.480 e. The molecule has 0 spiro atoms. The van der Waals surface area contributed by atoms with Crippen LogP contribution in [0.15, 0.2) is 0 Å². The highest BCUT2D eigenvalue weighted by molar-refractivity contribution is 5.90. The SMILES string of the molecule is CCCCC1CCC(OC(=O)NC(CC(C)C)C(=O)NC(C[C@@H]2CCNC2=O)C(=O)O)CC1. The highest BCUT2D eigenvalue weighted by Crippen LogP contribution is 2.29. The monoisotopic (exact) mass is 467 g/mol. The molecular formula is C24H41N3O6. The van der Waals surface area contributed by atoms with Crippen LogP contribution in [0.5, 0.6) is 0 Å². The first-order chi connectivity index (χ1) is 15.7. The van der Waals surface area contributed by atoms with Crippen molar-refractivity contribution in [1.29, 1.82) is 0 Å². The molecule has 9 heteroatoms. The van der Waals surface area contributed by atoms with Crippen LogP contribution in [-0.4, -0.2) is 53.7 Å². The Labute approximate surface area is 196 Å².